The van der Waals surface area contributed by atoms with E-state index in [4.69, 9.17) is 0 Å². The van der Waals surface area contributed by atoms with Crippen LogP contribution in [0.3, 0.4) is 0 Å². The Kier molecular flexibility index (Phi) is 4.04. The summed E-state index contributed by atoms with van der Waals surface area (Å²) in [6, 6.07) is 25.3. The van der Waals surface area contributed by atoms with Gasteiger partial charge in [-0.2, -0.15) is 0 Å². The van der Waals surface area contributed by atoms with Crippen LogP contribution >= 0.6 is 0 Å². The molecule has 0 saturated carbocycles. The van der Waals surface area contributed by atoms with Crippen LogP contribution < -0.4 is 3.87 Å². The Bertz CT molecular complexity index is 1120. The maximum absolute atomic E-state index is 3.06. The molecule has 2 heteroatoms. The molecule has 3 aromatic rings. The van der Waals surface area contributed by atoms with Gasteiger partial charge in [-0.25, -0.2) is 0 Å². The van der Waals surface area contributed by atoms with Crippen LogP contribution in [-0.4, -0.2) is 6.66 Å². The number of rotatable bonds is 3. The van der Waals surface area contributed by atoms with Gasteiger partial charge in [0.2, 0.25) is 0 Å². The summed E-state index contributed by atoms with van der Waals surface area (Å²) in [6.07, 6.45) is 6.07. The molecule has 0 spiro atoms. The summed E-state index contributed by atoms with van der Waals surface area (Å²) in [5, 5.41) is 5.51. The summed E-state index contributed by atoms with van der Waals surface area (Å²) in [4.78, 5) is 0. The fourth-order valence-corrected chi connectivity index (χ4v) is 22.0. The first kappa shape index (κ1) is 18.4. The van der Waals surface area contributed by atoms with Crippen molar-refractivity contribution in [2.24, 2.45) is 0 Å². The van der Waals surface area contributed by atoms with Crippen molar-refractivity contribution in [1.29, 1.82) is 0 Å². The molecule has 3 aromatic carbocycles. The normalized spacial score (nSPS) is 18.5. The molecule has 0 N–H and O–H groups in total. The third-order valence-electron chi connectivity index (χ3n) is 8.23. The van der Waals surface area contributed by atoms with Crippen LogP contribution in [0.2, 0.25) is 23.6 Å². The standard InChI is InChI=1S/C13H9.C9H7.C2H7Si.2CH3.Ti/c1-3-7-12-10(5-1)9-11-6-2-4-8-13(11)12;1-2-5-9-7-3-6-8(9)4-1;1-3-2;;;/h1-5,7-8H,9H2;1-7H;3H,1-2H3;2*1H3;. The second kappa shape index (κ2) is 6.16. The Morgan fingerprint density at radius 3 is 2.36 bits per heavy atom. The molecule has 28 heavy (non-hydrogen) atoms. The molecule has 0 aliphatic heterocycles. The second-order valence-corrected chi connectivity index (χ2v) is 34.9. The fourth-order valence-electron chi connectivity index (χ4n) is 5.76. The van der Waals surface area contributed by atoms with Crippen molar-refractivity contribution in [2.45, 2.75) is 34.2 Å². The van der Waals surface area contributed by atoms with E-state index in [1.165, 1.54) is 22.3 Å². The minimum absolute atomic E-state index is 0.620. The number of allylic oxidation sites excluding steroid dienone is 1. The molecular weight excluding hydrogens is 388 g/mol. The van der Waals surface area contributed by atoms with Crippen molar-refractivity contribution < 1.29 is 14.6 Å². The summed E-state index contributed by atoms with van der Waals surface area (Å²) in [5.74, 6) is 0. The minimum atomic E-state index is -3.06. The molecule has 141 valence electrons. The van der Waals surface area contributed by atoms with Crippen LogP contribution in [0.1, 0.15) is 26.5 Å². The number of benzene rings is 3. The number of hydrogen-bond donors (Lipinski definition) is 0. The van der Waals surface area contributed by atoms with E-state index in [1.54, 1.807) is 15.0 Å². The van der Waals surface area contributed by atoms with Crippen molar-refractivity contribution in [3.63, 3.8) is 0 Å². The Labute approximate surface area is 171 Å². The predicted octanol–water partition coefficient (Wildman–Crippen LogP) is 6.42. The summed E-state index contributed by atoms with van der Waals surface area (Å²) in [7, 11) is 0. The molecule has 1 unspecified atom stereocenters. The van der Waals surface area contributed by atoms with Gasteiger partial charge >= 0.3 is 172 Å². The quantitative estimate of drug-likeness (QED) is 0.338. The van der Waals surface area contributed by atoms with Gasteiger partial charge in [0.15, 0.2) is 0 Å². The molecule has 2 aliphatic carbocycles. The van der Waals surface area contributed by atoms with Gasteiger partial charge < -0.3 is 0 Å². The van der Waals surface area contributed by atoms with Gasteiger partial charge in [-0.3, -0.25) is 0 Å². The zero-order valence-electron chi connectivity index (χ0n) is 17.4. The van der Waals surface area contributed by atoms with Crippen LogP contribution in [0.5, 0.6) is 0 Å². The Balaban J connectivity index is 1.77. The summed E-state index contributed by atoms with van der Waals surface area (Å²) >= 11 is -3.06. The van der Waals surface area contributed by atoms with E-state index in [9.17, 15) is 0 Å². The van der Waals surface area contributed by atoms with E-state index in [1.807, 2.05) is 0 Å². The van der Waals surface area contributed by atoms with Gasteiger partial charge in [-0.1, -0.05) is 0 Å². The predicted molar refractivity (Wildman–Crippen MR) is 123 cm³/mol. The summed E-state index contributed by atoms with van der Waals surface area (Å²) in [6.45, 7) is 4.29. The van der Waals surface area contributed by atoms with Crippen molar-refractivity contribution >= 4 is 16.6 Å². The van der Waals surface area contributed by atoms with E-state index < -0.39 is 21.2 Å². The average Bonchev–Trinajstić information content (AvgIpc) is 3.30. The van der Waals surface area contributed by atoms with Crippen molar-refractivity contribution in [2.75, 3.05) is 0 Å². The second-order valence-electron chi connectivity index (χ2n) is 9.90. The van der Waals surface area contributed by atoms with Gasteiger partial charge in [0, 0.05) is 0 Å². The van der Waals surface area contributed by atoms with Gasteiger partial charge in [0.25, 0.3) is 0 Å². The molecular formula is C26H29SiTi. The molecule has 0 amide bonds. The third-order valence-corrected chi connectivity index (χ3v) is 38.4. The zero-order valence-corrected chi connectivity index (χ0v) is 20.1. The first-order chi connectivity index (χ1) is 13.4. The molecule has 5 rings (SSSR count). The van der Waals surface area contributed by atoms with Gasteiger partial charge in [0.05, 0.1) is 0 Å². The van der Waals surface area contributed by atoms with Crippen LogP contribution in [0, 0.1) is 0 Å². The van der Waals surface area contributed by atoms with E-state index in [2.05, 4.69) is 102 Å². The van der Waals surface area contributed by atoms with E-state index in [0.29, 0.717) is 4.22 Å². The van der Waals surface area contributed by atoms with Crippen molar-refractivity contribution in [1.82, 2.24) is 0 Å². The Hall–Kier alpha value is -1.67. The van der Waals surface area contributed by atoms with Crippen molar-refractivity contribution in [3.8, 4) is 11.1 Å². The van der Waals surface area contributed by atoms with Gasteiger partial charge in [0.1, 0.15) is 0 Å². The van der Waals surface area contributed by atoms with Crippen molar-refractivity contribution in [3.05, 3.63) is 95.1 Å². The number of hydrogen-bond acceptors (Lipinski definition) is 0. The van der Waals surface area contributed by atoms with E-state index >= 15 is 0 Å². The van der Waals surface area contributed by atoms with E-state index in [0.717, 1.165) is 6.42 Å². The van der Waals surface area contributed by atoms with Crippen LogP contribution in [0.25, 0.3) is 17.2 Å². The first-order valence-electron chi connectivity index (χ1n) is 10.6. The van der Waals surface area contributed by atoms with Crippen LogP contribution in [-0.2, 0) is 21.0 Å². The summed E-state index contributed by atoms with van der Waals surface area (Å²) < 4.78 is 2.38. The molecule has 0 fully saturated rings. The first-order valence-corrected chi connectivity index (χ1v) is 21.0. The number of fused-ring (bicyclic) bond motifs is 4. The maximum atomic E-state index is 2.75. The topological polar surface area (TPSA) is 0 Å². The Morgan fingerprint density at radius 2 is 1.54 bits per heavy atom. The van der Waals surface area contributed by atoms with Gasteiger partial charge in [-0.05, 0) is 0 Å². The molecule has 0 bridgehead atoms. The Morgan fingerprint density at radius 1 is 0.821 bits per heavy atom. The van der Waals surface area contributed by atoms with Crippen LogP contribution in [0.4, 0.5) is 0 Å². The molecule has 0 saturated heterocycles. The molecule has 0 heterocycles. The molecule has 2 aliphatic rings. The summed E-state index contributed by atoms with van der Waals surface area (Å²) in [5.41, 5.74) is 9.13. The monoisotopic (exact) mass is 417 g/mol. The van der Waals surface area contributed by atoms with Crippen LogP contribution in [0.15, 0.2) is 72.8 Å². The molecule has 0 aromatic heterocycles. The molecule has 0 nitrogen and oxygen atoms in total. The third kappa shape index (κ3) is 2.33. The molecule has 0 radical (unpaired) electrons. The fraction of sp³-hybridized carbons (Fsp3) is 0.231. The average molecular weight is 417 g/mol. The molecule has 1 atom stereocenters. The SMILES string of the molecule is C[SiH](C)[Ti]([CH3])([CH3])([c]1cccc2c1Cc1ccccc1-2)[CH]1C=Cc2ccccc21. The van der Waals surface area contributed by atoms with E-state index in [-0.39, 0.29) is 0 Å². The van der Waals surface area contributed by atoms with Gasteiger partial charge in [-0.15, -0.1) is 0 Å². The zero-order chi connectivity index (χ0) is 19.5.